The Morgan fingerprint density at radius 2 is 1.70 bits per heavy atom. The molecule has 5 heteroatoms. The Morgan fingerprint density at radius 3 is 2.35 bits per heavy atom. The molecule has 0 saturated carbocycles. The van der Waals surface area contributed by atoms with Crippen LogP contribution in [0, 0.1) is 0 Å². The molecule has 1 saturated heterocycles. The molecule has 1 fully saturated rings. The van der Waals surface area contributed by atoms with E-state index >= 15 is 0 Å². The summed E-state index contributed by atoms with van der Waals surface area (Å²) in [4.78, 5) is 24.5. The van der Waals surface area contributed by atoms with Crippen LogP contribution in [0.4, 0.5) is 5.69 Å². The minimum Gasteiger partial charge on any atom is -0.368 e. The van der Waals surface area contributed by atoms with E-state index in [-0.39, 0.29) is 5.91 Å². The first-order chi connectivity index (χ1) is 9.84. The van der Waals surface area contributed by atoms with Crippen molar-refractivity contribution in [2.24, 2.45) is 0 Å². The van der Waals surface area contributed by atoms with Crippen molar-refractivity contribution in [2.45, 2.75) is 0 Å². The lowest BCUT2D eigenvalue weighted by molar-refractivity contribution is 0.0746. The van der Waals surface area contributed by atoms with E-state index in [0.29, 0.717) is 5.56 Å². The van der Waals surface area contributed by atoms with Crippen molar-refractivity contribution in [3.8, 4) is 0 Å². The molecule has 1 amide bonds. The molecule has 0 unspecified atom stereocenters. The number of aromatic nitrogens is 2. The summed E-state index contributed by atoms with van der Waals surface area (Å²) in [5.41, 5.74) is 1.82. The predicted octanol–water partition coefficient (Wildman–Crippen LogP) is 1.44. The van der Waals surface area contributed by atoms with Gasteiger partial charge in [-0.1, -0.05) is 0 Å². The quantitative estimate of drug-likeness (QED) is 0.827. The van der Waals surface area contributed by atoms with Crippen LogP contribution in [0.25, 0.3) is 0 Å². The van der Waals surface area contributed by atoms with Crippen LogP contribution in [0.5, 0.6) is 0 Å². The fraction of sp³-hybridized carbons (Fsp3) is 0.267. The van der Waals surface area contributed by atoms with Crippen LogP contribution in [0.1, 0.15) is 10.4 Å². The number of hydrogen-bond donors (Lipinski definition) is 0. The van der Waals surface area contributed by atoms with Gasteiger partial charge >= 0.3 is 0 Å². The topological polar surface area (TPSA) is 49.3 Å². The Balaban J connectivity index is 1.63. The molecule has 0 radical (unpaired) electrons. The Hall–Kier alpha value is -2.43. The molecular formula is C15H16N4O. The van der Waals surface area contributed by atoms with Crippen molar-refractivity contribution in [2.75, 3.05) is 31.1 Å². The predicted molar refractivity (Wildman–Crippen MR) is 76.6 cm³/mol. The number of piperazine rings is 1. The molecule has 3 heterocycles. The molecule has 20 heavy (non-hydrogen) atoms. The fourth-order valence-corrected chi connectivity index (χ4v) is 2.39. The second-order valence-electron chi connectivity index (χ2n) is 4.73. The molecule has 0 bridgehead atoms. The average Bonchev–Trinajstić information content (AvgIpc) is 2.56. The van der Waals surface area contributed by atoms with Crippen LogP contribution in [0.2, 0.25) is 0 Å². The van der Waals surface area contributed by atoms with Crippen LogP contribution >= 0.6 is 0 Å². The largest absolute Gasteiger partial charge is 0.368 e. The summed E-state index contributed by atoms with van der Waals surface area (Å²) in [6, 6.07) is 7.60. The van der Waals surface area contributed by atoms with E-state index in [9.17, 15) is 4.79 Å². The average molecular weight is 268 g/mol. The zero-order valence-electron chi connectivity index (χ0n) is 11.1. The van der Waals surface area contributed by atoms with E-state index in [4.69, 9.17) is 0 Å². The maximum Gasteiger partial charge on any atom is 0.255 e. The monoisotopic (exact) mass is 268 g/mol. The molecule has 1 aliphatic rings. The van der Waals surface area contributed by atoms with Crippen molar-refractivity contribution in [3.63, 3.8) is 0 Å². The van der Waals surface area contributed by atoms with Gasteiger partial charge in [-0.25, -0.2) is 0 Å². The second kappa shape index (κ2) is 5.69. The van der Waals surface area contributed by atoms with E-state index in [1.165, 1.54) is 0 Å². The number of carbonyl (C=O) groups is 1. The van der Waals surface area contributed by atoms with Gasteiger partial charge in [0, 0.05) is 56.7 Å². The summed E-state index contributed by atoms with van der Waals surface area (Å²) in [5.74, 6) is 0.0625. The molecule has 1 aliphatic heterocycles. The SMILES string of the molecule is O=C(c1cccnc1)N1CCN(c2ccncc2)CC1. The van der Waals surface area contributed by atoms with Gasteiger partial charge in [-0.3, -0.25) is 14.8 Å². The molecule has 0 aliphatic carbocycles. The molecule has 0 N–H and O–H groups in total. The molecular weight excluding hydrogens is 252 g/mol. The highest BCUT2D eigenvalue weighted by molar-refractivity contribution is 5.94. The molecule has 0 atom stereocenters. The van der Waals surface area contributed by atoms with Crippen LogP contribution in [0.3, 0.4) is 0 Å². The van der Waals surface area contributed by atoms with Gasteiger partial charge in [-0.2, -0.15) is 0 Å². The molecule has 5 nitrogen and oxygen atoms in total. The third kappa shape index (κ3) is 2.61. The van der Waals surface area contributed by atoms with Crippen molar-refractivity contribution >= 4 is 11.6 Å². The number of hydrogen-bond acceptors (Lipinski definition) is 4. The lowest BCUT2D eigenvalue weighted by atomic mass is 10.2. The molecule has 2 aromatic rings. The van der Waals surface area contributed by atoms with E-state index in [1.54, 1.807) is 30.9 Å². The molecule has 0 aromatic carbocycles. The van der Waals surface area contributed by atoms with Crippen LogP contribution in [-0.2, 0) is 0 Å². The van der Waals surface area contributed by atoms with E-state index in [1.807, 2.05) is 23.1 Å². The van der Waals surface area contributed by atoms with Gasteiger partial charge in [0.25, 0.3) is 5.91 Å². The minimum atomic E-state index is 0.0625. The van der Waals surface area contributed by atoms with Gasteiger partial charge in [0.2, 0.25) is 0 Å². The maximum atomic E-state index is 12.3. The summed E-state index contributed by atoms with van der Waals surface area (Å²) < 4.78 is 0. The number of carbonyl (C=O) groups excluding carboxylic acids is 1. The number of nitrogens with zero attached hydrogens (tertiary/aromatic N) is 4. The minimum absolute atomic E-state index is 0.0625. The molecule has 3 rings (SSSR count). The first-order valence-corrected chi connectivity index (χ1v) is 6.69. The number of anilines is 1. The van der Waals surface area contributed by atoms with Crippen molar-refractivity contribution in [3.05, 3.63) is 54.6 Å². The standard InChI is InChI=1S/C15H16N4O/c20-15(13-2-1-5-17-12-13)19-10-8-18(9-11-19)14-3-6-16-7-4-14/h1-7,12H,8-11H2. The van der Waals surface area contributed by atoms with E-state index in [0.717, 1.165) is 31.9 Å². The maximum absolute atomic E-state index is 12.3. The molecule has 2 aromatic heterocycles. The van der Waals surface area contributed by atoms with Crippen LogP contribution in [-0.4, -0.2) is 47.0 Å². The third-order valence-corrected chi connectivity index (χ3v) is 3.50. The highest BCUT2D eigenvalue weighted by Gasteiger charge is 2.22. The highest BCUT2D eigenvalue weighted by atomic mass is 16.2. The Kier molecular flexibility index (Phi) is 3.58. The summed E-state index contributed by atoms with van der Waals surface area (Å²) in [6.45, 7) is 3.15. The zero-order valence-corrected chi connectivity index (χ0v) is 11.1. The van der Waals surface area contributed by atoms with Crippen molar-refractivity contribution in [1.29, 1.82) is 0 Å². The van der Waals surface area contributed by atoms with Crippen LogP contribution < -0.4 is 4.90 Å². The fourth-order valence-electron chi connectivity index (χ4n) is 2.39. The van der Waals surface area contributed by atoms with Crippen LogP contribution in [0.15, 0.2) is 49.1 Å². The van der Waals surface area contributed by atoms with Gasteiger partial charge in [0.15, 0.2) is 0 Å². The summed E-state index contributed by atoms with van der Waals surface area (Å²) in [7, 11) is 0. The van der Waals surface area contributed by atoms with Crippen molar-refractivity contribution in [1.82, 2.24) is 14.9 Å². The second-order valence-corrected chi connectivity index (χ2v) is 4.73. The molecule has 102 valence electrons. The van der Waals surface area contributed by atoms with Gasteiger partial charge in [-0.15, -0.1) is 0 Å². The highest BCUT2D eigenvalue weighted by Crippen LogP contribution is 2.15. The van der Waals surface area contributed by atoms with E-state index in [2.05, 4.69) is 14.9 Å². The Morgan fingerprint density at radius 1 is 0.950 bits per heavy atom. The van der Waals surface area contributed by atoms with Gasteiger partial charge in [0.05, 0.1) is 5.56 Å². The summed E-state index contributed by atoms with van der Waals surface area (Å²) >= 11 is 0. The summed E-state index contributed by atoms with van der Waals surface area (Å²) in [6.07, 6.45) is 6.89. The normalized spacial score (nSPS) is 15.2. The first-order valence-electron chi connectivity index (χ1n) is 6.69. The Labute approximate surface area is 117 Å². The number of pyridine rings is 2. The van der Waals surface area contributed by atoms with Gasteiger partial charge in [-0.05, 0) is 24.3 Å². The lowest BCUT2D eigenvalue weighted by Crippen LogP contribution is -2.48. The lowest BCUT2D eigenvalue weighted by Gasteiger charge is -2.36. The smallest absolute Gasteiger partial charge is 0.255 e. The number of rotatable bonds is 2. The van der Waals surface area contributed by atoms with Gasteiger partial charge in [0.1, 0.15) is 0 Å². The van der Waals surface area contributed by atoms with Gasteiger partial charge < -0.3 is 9.80 Å². The van der Waals surface area contributed by atoms with Crippen molar-refractivity contribution < 1.29 is 4.79 Å². The third-order valence-electron chi connectivity index (χ3n) is 3.50. The van der Waals surface area contributed by atoms with E-state index < -0.39 is 0 Å². The molecule has 0 spiro atoms. The number of amides is 1. The summed E-state index contributed by atoms with van der Waals surface area (Å²) in [5, 5.41) is 0. The zero-order chi connectivity index (χ0) is 13.8. The first kappa shape index (κ1) is 12.6. The Bertz CT molecular complexity index is 565.